The molecule has 1 aliphatic rings. The number of carbonyl (C=O) groups is 2. The van der Waals surface area contributed by atoms with Crippen molar-refractivity contribution in [1.29, 1.82) is 0 Å². The lowest BCUT2D eigenvalue weighted by Gasteiger charge is -2.30. The molecule has 0 spiro atoms. The van der Waals surface area contributed by atoms with Crippen LogP contribution in [0.15, 0.2) is 24.3 Å². The Hall–Kier alpha value is -2.04. The number of rotatable bonds is 6. The van der Waals surface area contributed by atoms with Gasteiger partial charge in [0.25, 0.3) is 5.91 Å². The normalized spacial score (nSPS) is 18.0. The van der Waals surface area contributed by atoms with Crippen LogP contribution in [0.4, 0.5) is 0 Å². The molecule has 1 aromatic rings. The van der Waals surface area contributed by atoms with Gasteiger partial charge in [-0.1, -0.05) is 13.3 Å². The van der Waals surface area contributed by atoms with Crippen LogP contribution in [0.2, 0.25) is 0 Å². The van der Waals surface area contributed by atoms with Gasteiger partial charge in [-0.2, -0.15) is 0 Å². The zero-order valence-electron chi connectivity index (χ0n) is 13.0. The van der Waals surface area contributed by atoms with Crippen LogP contribution in [0.3, 0.4) is 0 Å². The van der Waals surface area contributed by atoms with E-state index in [0.29, 0.717) is 31.7 Å². The number of hydrogen-bond donors (Lipinski definition) is 1. The van der Waals surface area contributed by atoms with E-state index in [1.807, 2.05) is 0 Å². The van der Waals surface area contributed by atoms with E-state index >= 15 is 0 Å². The number of aliphatic carboxylic acids is 1. The highest BCUT2D eigenvalue weighted by atomic mass is 16.5. The van der Waals surface area contributed by atoms with Gasteiger partial charge in [0.1, 0.15) is 5.75 Å². The zero-order valence-corrected chi connectivity index (χ0v) is 13.0. The Morgan fingerprint density at radius 3 is 2.68 bits per heavy atom. The lowest BCUT2D eigenvalue weighted by atomic mass is 9.97. The lowest BCUT2D eigenvalue weighted by Crippen LogP contribution is -2.42. The summed E-state index contributed by atoms with van der Waals surface area (Å²) in [6.45, 7) is 3.70. The molecule has 22 heavy (non-hydrogen) atoms. The summed E-state index contributed by atoms with van der Waals surface area (Å²) >= 11 is 0. The third kappa shape index (κ3) is 4.23. The van der Waals surface area contributed by atoms with Crippen LogP contribution in [0.5, 0.6) is 5.75 Å². The molecule has 1 heterocycles. The van der Waals surface area contributed by atoms with Gasteiger partial charge in [-0.05, 0) is 43.5 Å². The fourth-order valence-corrected chi connectivity index (χ4v) is 2.57. The van der Waals surface area contributed by atoms with E-state index in [2.05, 4.69) is 6.92 Å². The highest BCUT2D eigenvalue weighted by Crippen LogP contribution is 2.20. The quantitative estimate of drug-likeness (QED) is 0.821. The van der Waals surface area contributed by atoms with Crippen molar-refractivity contribution < 1.29 is 19.4 Å². The standard InChI is InChI=1S/C17H23NO4/c1-2-3-11-22-15-8-6-13(7-9-15)16(19)18-10-4-5-14(12-18)17(20)21/h6-9,14H,2-5,10-12H2,1H3,(H,20,21)/t14-/m0/s1. The molecule has 0 unspecified atom stereocenters. The van der Waals surface area contributed by atoms with Gasteiger partial charge < -0.3 is 14.7 Å². The first kappa shape index (κ1) is 16.3. The molecule has 1 aliphatic heterocycles. The maximum absolute atomic E-state index is 12.4. The van der Waals surface area contributed by atoms with Crippen LogP contribution in [0.25, 0.3) is 0 Å². The Morgan fingerprint density at radius 1 is 1.32 bits per heavy atom. The first-order valence-corrected chi connectivity index (χ1v) is 7.86. The Balaban J connectivity index is 1.95. The topological polar surface area (TPSA) is 66.8 Å². The van der Waals surface area contributed by atoms with E-state index in [-0.39, 0.29) is 5.91 Å². The largest absolute Gasteiger partial charge is 0.494 e. The van der Waals surface area contributed by atoms with E-state index in [9.17, 15) is 9.59 Å². The second kappa shape index (κ2) is 7.82. The Bertz CT molecular complexity index is 512. The summed E-state index contributed by atoms with van der Waals surface area (Å²) in [4.78, 5) is 25.1. The SMILES string of the molecule is CCCCOc1ccc(C(=O)N2CCC[C@H](C(=O)O)C2)cc1. The molecule has 120 valence electrons. The van der Waals surface area contributed by atoms with Gasteiger partial charge in [0.15, 0.2) is 0 Å². The maximum Gasteiger partial charge on any atom is 0.308 e. The number of ether oxygens (including phenoxy) is 1. The molecule has 0 aromatic heterocycles. The molecule has 0 radical (unpaired) electrons. The summed E-state index contributed by atoms with van der Waals surface area (Å²) in [5.41, 5.74) is 0.578. The highest BCUT2D eigenvalue weighted by Gasteiger charge is 2.28. The molecule has 1 saturated heterocycles. The average Bonchev–Trinajstić information content (AvgIpc) is 2.55. The average molecular weight is 305 g/mol. The summed E-state index contributed by atoms with van der Waals surface area (Å²) in [5, 5.41) is 9.09. The molecular formula is C17H23NO4. The van der Waals surface area contributed by atoms with Gasteiger partial charge in [0.2, 0.25) is 0 Å². The molecule has 0 saturated carbocycles. The first-order chi connectivity index (χ1) is 10.6. The summed E-state index contributed by atoms with van der Waals surface area (Å²) < 4.78 is 5.57. The van der Waals surface area contributed by atoms with Gasteiger partial charge in [-0.3, -0.25) is 9.59 Å². The van der Waals surface area contributed by atoms with Crippen molar-refractivity contribution >= 4 is 11.9 Å². The molecule has 1 N–H and O–H groups in total. The van der Waals surface area contributed by atoms with E-state index in [4.69, 9.17) is 9.84 Å². The number of hydrogen-bond acceptors (Lipinski definition) is 3. The number of nitrogens with zero attached hydrogens (tertiary/aromatic N) is 1. The van der Waals surface area contributed by atoms with Crippen LogP contribution in [0, 0.1) is 5.92 Å². The zero-order chi connectivity index (χ0) is 15.9. The van der Waals surface area contributed by atoms with Crippen LogP contribution in [0.1, 0.15) is 43.0 Å². The van der Waals surface area contributed by atoms with Crippen molar-refractivity contribution in [3.63, 3.8) is 0 Å². The molecular weight excluding hydrogens is 282 g/mol. The van der Waals surface area contributed by atoms with Crippen molar-refractivity contribution in [2.75, 3.05) is 19.7 Å². The number of amides is 1. The smallest absolute Gasteiger partial charge is 0.308 e. The van der Waals surface area contributed by atoms with Crippen LogP contribution < -0.4 is 4.74 Å². The molecule has 1 aromatic carbocycles. The Labute approximate surface area is 130 Å². The number of piperidine rings is 1. The van der Waals surface area contributed by atoms with Crippen molar-refractivity contribution in [2.24, 2.45) is 5.92 Å². The van der Waals surface area contributed by atoms with Gasteiger partial charge in [0, 0.05) is 18.7 Å². The Kier molecular flexibility index (Phi) is 5.81. The molecule has 0 bridgehead atoms. The first-order valence-electron chi connectivity index (χ1n) is 7.86. The third-order valence-electron chi connectivity index (χ3n) is 3.93. The van der Waals surface area contributed by atoms with Crippen molar-refractivity contribution in [2.45, 2.75) is 32.6 Å². The van der Waals surface area contributed by atoms with Crippen LogP contribution >= 0.6 is 0 Å². The minimum Gasteiger partial charge on any atom is -0.494 e. The lowest BCUT2D eigenvalue weighted by molar-refractivity contribution is -0.143. The molecule has 0 aliphatic carbocycles. The number of carboxylic acids is 1. The second-order valence-corrected chi connectivity index (χ2v) is 5.65. The highest BCUT2D eigenvalue weighted by molar-refractivity contribution is 5.94. The van der Waals surface area contributed by atoms with Crippen molar-refractivity contribution in [3.05, 3.63) is 29.8 Å². The Morgan fingerprint density at radius 2 is 2.05 bits per heavy atom. The number of carboxylic acid groups (broad SMARTS) is 1. The predicted molar refractivity (Wildman–Crippen MR) is 83.1 cm³/mol. The van der Waals surface area contributed by atoms with Gasteiger partial charge in [0.05, 0.1) is 12.5 Å². The molecule has 1 atom stereocenters. The van der Waals surface area contributed by atoms with E-state index in [0.717, 1.165) is 25.0 Å². The number of carbonyl (C=O) groups excluding carboxylic acids is 1. The molecule has 2 rings (SSSR count). The molecule has 1 amide bonds. The molecule has 5 nitrogen and oxygen atoms in total. The predicted octanol–water partition coefficient (Wildman–Crippen LogP) is 2.80. The second-order valence-electron chi connectivity index (χ2n) is 5.65. The minimum absolute atomic E-state index is 0.106. The molecule has 5 heteroatoms. The number of likely N-dealkylation sites (tertiary alicyclic amines) is 1. The molecule has 1 fully saturated rings. The van der Waals surface area contributed by atoms with Crippen LogP contribution in [-0.4, -0.2) is 41.6 Å². The summed E-state index contributed by atoms with van der Waals surface area (Å²) in [6, 6.07) is 7.07. The van der Waals surface area contributed by atoms with Gasteiger partial charge in [-0.15, -0.1) is 0 Å². The van der Waals surface area contributed by atoms with Gasteiger partial charge >= 0.3 is 5.97 Å². The fraction of sp³-hybridized carbons (Fsp3) is 0.529. The minimum atomic E-state index is -0.822. The summed E-state index contributed by atoms with van der Waals surface area (Å²) in [6.07, 6.45) is 3.46. The monoisotopic (exact) mass is 305 g/mol. The number of unbranched alkanes of at least 4 members (excludes halogenated alkanes) is 1. The van der Waals surface area contributed by atoms with E-state index in [1.54, 1.807) is 29.2 Å². The summed E-state index contributed by atoms with van der Waals surface area (Å²) in [5.74, 6) is -0.621. The van der Waals surface area contributed by atoms with E-state index in [1.165, 1.54) is 0 Å². The maximum atomic E-state index is 12.4. The van der Waals surface area contributed by atoms with Crippen molar-refractivity contribution in [3.8, 4) is 5.75 Å². The van der Waals surface area contributed by atoms with E-state index < -0.39 is 11.9 Å². The summed E-state index contributed by atoms with van der Waals surface area (Å²) in [7, 11) is 0. The van der Waals surface area contributed by atoms with Crippen LogP contribution in [-0.2, 0) is 4.79 Å². The van der Waals surface area contributed by atoms with Gasteiger partial charge in [-0.25, -0.2) is 0 Å². The fourth-order valence-electron chi connectivity index (χ4n) is 2.57. The number of benzene rings is 1. The van der Waals surface area contributed by atoms with Crippen molar-refractivity contribution in [1.82, 2.24) is 4.90 Å². The third-order valence-corrected chi connectivity index (χ3v) is 3.93.